The zero-order valence-corrected chi connectivity index (χ0v) is 11.8. The largest absolute Gasteiger partial charge is 0.491 e. The molecule has 0 radical (unpaired) electrons. The number of hydrogen-bond donors (Lipinski definition) is 1. The minimum absolute atomic E-state index is 0.722. The first kappa shape index (κ1) is 14.2. The van der Waals surface area contributed by atoms with Crippen molar-refractivity contribution in [1.82, 2.24) is 0 Å². The van der Waals surface area contributed by atoms with E-state index in [1.165, 1.54) is 6.42 Å². The molecule has 0 saturated carbocycles. The molecular formula is C14H23NOS. The van der Waals surface area contributed by atoms with Gasteiger partial charge in [0.25, 0.3) is 0 Å². The van der Waals surface area contributed by atoms with E-state index >= 15 is 0 Å². The van der Waals surface area contributed by atoms with Crippen molar-refractivity contribution in [2.75, 3.05) is 18.1 Å². The highest BCUT2D eigenvalue weighted by molar-refractivity contribution is 7.99. The Morgan fingerprint density at radius 3 is 2.76 bits per heavy atom. The molecule has 1 aromatic carbocycles. The van der Waals surface area contributed by atoms with E-state index in [1.807, 2.05) is 23.9 Å². The van der Waals surface area contributed by atoms with Crippen molar-refractivity contribution in [1.29, 1.82) is 0 Å². The first-order chi connectivity index (χ1) is 8.19. The fraction of sp³-hybridized carbons (Fsp3) is 0.571. The first-order valence-corrected chi connectivity index (χ1v) is 7.31. The zero-order chi connectivity index (χ0) is 12.7. The van der Waals surface area contributed by atoms with Crippen molar-refractivity contribution in [3.8, 4) is 5.75 Å². The van der Waals surface area contributed by atoms with Crippen LogP contribution in [0.15, 0.2) is 23.1 Å². The van der Waals surface area contributed by atoms with E-state index in [0.29, 0.717) is 0 Å². The van der Waals surface area contributed by atoms with Gasteiger partial charge in [-0.15, -0.1) is 11.8 Å². The lowest BCUT2D eigenvalue weighted by Crippen LogP contribution is -2.01. The lowest BCUT2D eigenvalue weighted by atomic mass is 10.2. The highest BCUT2D eigenvalue weighted by Gasteiger charge is 2.08. The second-order valence-electron chi connectivity index (χ2n) is 4.34. The minimum atomic E-state index is 0.722. The van der Waals surface area contributed by atoms with Crippen LogP contribution in [0.5, 0.6) is 5.75 Å². The van der Waals surface area contributed by atoms with Gasteiger partial charge in [-0.05, 0) is 24.5 Å². The summed E-state index contributed by atoms with van der Waals surface area (Å²) in [6, 6.07) is 6.03. The summed E-state index contributed by atoms with van der Waals surface area (Å²) in [7, 11) is 0. The Morgan fingerprint density at radius 2 is 2.12 bits per heavy atom. The molecule has 0 aliphatic heterocycles. The molecule has 3 heteroatoms. The van der Waals surface area contributed by atoms with Gasteiger partial charge in [0.05, 0.1) is 12.3 Å². The van der Waals surface area contributed by atoms with Gasteiger partial charge in [0.1, 0.15) is 5.75 Å². The quantitative estimate of drug-likeness (QED) is 0.584. The van der Waals surface area contributed by atoms with Crippen molar-refractivity contribution in [3.05, 3.63) is 18.2 Å². The summed E-state index contributed by atoms with van der Waals surface area (Å²) in [5.74, 6) is 2.65. The van der Waals surface area contributed by atoms with E-state index in [1.54, 1.807) is 0 Å². The van der Waals surface area contributed by atoms with Crippen LogP contribution < -0.4 is 10.5 Å². The Balaban J connectivity index is 2.65. The molecule has 2 nitrogen and oxygen atoms in total. The number of hydrogen-bond acceptors (Lipinski definition) is 3. The monoisotopic (exact) mass is 253 g/mol. The molecule has 17 heavy (non-hydrogen) atoms. The summed E-state index contributed by atoms with van der Waals surface area (Å²) < 4.78 is 5.62. The van der Waals surface area contributed by atoms with E-state index < -0.39 is 0 Å². The lowest BCUT2D eigenvalue weighted by Gasteiger charge is -2.13. The molecule has 0 heterocycles. The molecule has 2 N–H and O–H groups in total. The van der Waals surface area contributed by atoms with Gasteiger partial charge >= 0.3 is 0 Å². The SMILES string of the molecule is CCCOc1cccc(SCC(C)CC)c1N. The summed E-state index contributed by atoms with van der Waals surface area (Å²) in [5.41, 5.74) is 6.89. The molecule has 0 spiro atoms. The fourth-order valence-corrected chi connectivity index (χ4v) is 2.47. The predicted octanol–water partition coefficient (Wildman–Crippen LogP) is 4.20. The van der Waals surface area contributed by atoms with Crippen LogP contribution in [0.1, 0.15) is 33.6 Å². The van der Waals surface area contributed by atoms with E-state index in [9.17, 15) is 0 Å². The van der Waals surface area contributed by atoms with Gasteiger partial charge in [-0.25, -0.2) is 0 Å². The number of ether oxygens (including phenoxy) is 1. The lowest BCUT2D eigenvalue weighted by molar-refractivity contribution is 0.318. The zero-order valence-electron chi connectivity index (χ0n) is 11.0. The van der Waals surface area contributed by atoms with Crippen molar-refractivity contribution >= 4 is 17.4 Å². The van der Waals surface area contributed by atoms with Gasteiger partial charge < -0.3 is 10.5 Å². The van der Waals surface area contributed by atoms with Crippen LogP contribution in [0.25, 0.3) is 0 Å². The van der Waals surface area contributed by atoms with Gasteiger partial charge in [-0.2, -0.15) is 0 Å². The van der Waals surface area contributed by atoms with Crippen molar-refractivity contribution in [3.63, 3.8) is 0 Å². The number of rotatable bonds is 7. The third-order valence-corrected chi connectivity index (χ3v) is 4.11. The molecule has 0 aromatic heterocycles. The average molecular weight is 253 g/mol. The van der Waals surface area contributed by atoms with Crippen LogP contribution >= 0.6 is 11.8 Å². The smallest absolute Gasteiger partial charge is 0.143 e. The number of para-hydroxylation sites is 1. The number of nitrogen functional groups attached to an aromatic ring is 1. The topological polar surface area (TPSA) is 35.2 Å². The maximum absolute atomic E-state index is 6.11. The van der Waals surface area contributed by atoms with E-state index in [-0.39, 0.29) is 0 Å². The molecule has 1 atom stereocenters. The molecule has 1 aromatic rings. The number of nitrogens with two attached hydrogens (primary N) is 1. The molecule has 0 saturated heterocycles. The van der Waals surface area contributed by atoms with E-state index in [2.05, 4.69) is 26.8 Å². The third kappa shape index (κ3) is 4.50. The Morgan fingerprint density at radius 1 is 1.35 bits per heavy atom. The third-order valence-electron chi connectivity index (χ3n) is 2.71. The van der Waals surface area contributed by atoms with Gasteiger partial charge in [0, 0.05) is 10.6 Å². The molecule has 0 amide bonds. The predicted molar refractivity (Wildman–Crippen MR) is 76.8 cm³/mol. The summed E-state index contributed by atoms with van der Waals surface area (Å²) >= 11 is 1.82. The van der Waals surface area contributed by atoms with Gasteiger partial charge in [0.15, 0.2) is 0 Å². The van der Waals surface area contributed by atoms with Crippen LogP contribution in [0.3, 0.4) is 0 Å². The van der Waals surface area contributed by atoms with Crippen molar-refractivity contribution in [2.24, 2.45) is 5.92 Å². The molecule has 0 aliphatic carbocycles. The second kappa shape index (κ2) is 7.49. The number of anilines is 1. The highest BCUT2D eigenvalue weighted by Crippen LogP contribution is 2.33. The molecule has 1 unspecified atom stereocenters. The van der Waals surface area contributed by atoms with E-state index in [0.717, 1.165) is 41.0 Å². The molecular weight excluding hydrogens is 230 g/mol. The van der Waals surface area contributed by atoms with Crippen molar-refractivity contribution < 1.29 is 4.74 Å². The van der Waals surface area contributed by atoms with Crippen LogP contribution in [-0.4, -0.2) is 12.4 Å². The van der Waals surface area contributed by atoms with Gasteiger partial charge in [-0.1, -0.05) is 33.3 Å². The standard InChI is InChI=1S/C14H23NOS/c1-4-9-16-12-7-6-8-13(14(12)15)17-10-11(3)5-2/h6-8,11H,4-5,9-10,15H2,1-3H3. The van der Waals surface area contributed by atoms with Crippen LogP contribution in [0.2, 0.25) is 0 Å². The molecule has 1 rings (SSSR count). The van der Waals surface area contributed by atoms with E-state index in [4.69, 9.17) is 10.5 Å². The maximum Gasteiger partial charge on any atom is 0.143 e. The first-order valence-electron chi connectivity index (χ1n) is 6.33. The maximum atomic E-state index is 6.11. The molecule has 0 aliphatic rings. The Kier molecular flexibility index (Phi) is 6.27. The summed E-state index contributed by atoms with van der Waals surface area (Å²) in [5, 5.41) is 0. The van der Waals surface area contributed by atoms with Crippen LogP contribution in [0.4, 0.5) is 5.69 Å². The normalized spacial score (nSPS) is 12.4. The second-order valence-corrected chi connectivity index (χ2v) is 5.40. The highest BCUT2D eigenvalue weighted by atomic mass is 32.2. The molecule has 0 bridgehead atoms. The number of thioether (sulfide) groups is 1. The van der Waals surface area contributed by atoms with Gasteiger partial charge in [0.2, 0.25) is 0 Å². The Labute approximate surface area is 109 Å². The summed E-state index contributed by atoms with van der Waals surface area (Å²) in [4.78, 5) is 1.14. The van der Waals surface area contributed by atoms with Crippen molar-refractivity contribution in [2.45, 2.75) is 38.5 Å². The van der Waals surface area contributed by atoms with Crippen LogP contribution in [0, 0.1) is 5.92 Å². The number of benzene rings is 1. The summed E-state index contributed by atoms with van der Waals surface area (Å²) in [6.45, 7) is 7.30. The Hall–Kier alpha value is -0.830. The molecule has 96 valence electrons. The average Bonchev–Trinajstić information content (AvgIpc) is 2.35. The summed E-state index contributed by atoms with van der Waals surface area (Å²) in [6.07, 6.45) is 2.21. The van der Waals surface area contributed by atoms with Gasteiger partial charge in [-0.3, -0.25) is 0 Å². The van der Waals surface area contributed by atoms with Crippen LogP contribution in [-0.2, 0) is 0 Å². The fourth-order valence-electron chi connectivity index (χ4n) is 1.34. The molecule has 0 fully saturated rings. The Bertz CT molecular complexity index is 341. The minimum Gasteiger partial charge on any atom is -0.491 e.